The Bertz CT molecular complexity index is 440. The van der Waals surface area contributed by atoms with Gasteiger partial charge < -0.3 is 5.32 Å². The molecule has 0 aliphatic carbocycles. The summed E-state index contributed by atoms with van der Waals surface area (Å²) in [5.41, 5.74) is -0.616. The molecule has 1 N–H and O–H groups in total. The normalized spacial score (nSPS) is 15.4. The van der Waals surface area contributed by atoms with E-state index in [1.807, 2.05) is 27.7 Å². The molecule has 1 aromatic carbocycles. The van der Waals surface area contributed by atoms with Crippen LogP contribution < -0.4 is 5.32 Å². The fourth-order valence-corrected chi connectivity index (χ4v) is 1.97. The molecule has 5 heteroatoms. The van der Waals surface area contributed by atoms with Gasteiger partial charge in [0.1, 0.15) is 5.82 Å². The minimum atomic E-state index is -4.64. The van der Waals surface area contributed by atoms with Crippen molar-refractivity contribution < 1.29 is 17.6 Å². The summed E-state index contributed by atoms with van der Waals surface area (Å²) in [6, 6.07) is 3.53. The van der Waals surface area contributed by atoms with Gasteiger partial charge in [0.15, 0.2) is 0 Å². The van der Waals surface area contributed by atoms with Crippen molar-refractivity contribution in [1.82, 2.24) is 5.32 Å². The summed E-state index contributed by atoms with van der Waals surface area (Å²) in [6.45, 7) is 8.68. The molecule has 1 nitrogen and oxygen atoms in total. The van der Waals surface area contributed by atoms with Gasteiger partial charge in [0.25, 0.3) is 0 Å². The molecule has 0 radical (unpaired) electrons. The van der Waals surface area contributed by atoms with E-state index in [-0.39, 0.29) is 11.8 Å². The van der Waals surface area contributed by atoms with Gasteiger partial charge >= 0.3 is 6.18 Å². The molecule has 2 atom stereocenters. The zero-order chi connectivity index (χ0) is 15.5. The molecule has 2 unspecified atom stereocenters. The van der Waals surface area contributed by atoms with E-state index in [2.05, 4.69) is 5.32 Å². The fraction of sp³-hybridized carbons (Fsp3) is 0.600. The van der Waals surface area contributed by atoms with Gasteiger partial charge in [-0.2, -0.15) is 13.2 Å². The summed E-state index contributed by atoms with van der Waals surface area (Å²) in [6.07, 6.45) is -4.64. The third kappa shape index (κ3) is 4.47. The van der Waals surface area contributed by atoms with Crippen molar-refractivity contribution in [3.8, 4) is 0 Å². The second-order valence-corrected chi connectivity index (χ2v) is 5.57. The lowest BCUT2D eigenvalue weighted by atomic mass is 9.88. The van der Waals surface area contributed by atoms with Gasteiger partial charge in [-0.05, 0) is 36.1 Å². The lowest BCUT2D eigenvalue weighted by Gasteiger charge is -2.22. The third-order valence-corrected chi connectivity index (χ3v) is 3.53. The molecule has 20 heavy (non-hydrogen) atoms. The second-order valence-electron chi connectivity index (χ2n) is 5.57. The van der Waals surface area contributed by atoms with E-state index in [0.29, 0.717) is 11.6 Å². The van der Waals surface area contributed by atoms with Crippen LogP contribution in [0.1, 0.15) is 44.7 Å². The summed E-state index contributed by atoms with van der Waals surface area (Å²) in [4.78, 5) is 0. The van der Waals surface area contributed by atoms with Crippen LogP contribution in [0.4, 0.5) is 17.6 Å². The maximum Gasteiger partial charge on any atom is 0.419 e. The first kappa shape index (κ1) is 17.0. The summed E-state index contributed by atoms with van der Waals surface area (Å²) in [5, 5.41) is 3.27. The summed E-state index contributed by atoms with van der Waals surface area (Å²) >= 11 is 0. The van der Waals surface area contributed by atoms with Gasteiger partial charge in [-0.1, -0.05) is 33.8 Å². The van der Waals surface area contributed by atoms with E-state index < -0.39 is 17.6 Å². The van der Waals surface area contributed by atoms with Gasteiger partial charge in [-0.25, -0.2) is 4.39 Å². The van der Waals surface area contributed by atoms with Crippen LogP contribution in [0.15, 0.2) is 18.2 Å². The molecule has 1 rings (SSSR count). The van der Waals surface area contributed by atoms with Crippen molar-refractivity contribution in [3.05, 3.63) is 35.1 Å². The topological polar surface area (TPSA) is 12.0 Å². The van der Waals surface area contributed by atoms with Crippen molar-refractivity contribution in [2.24, 2.45) is 5.92 Å². The summed E-state index contributed by atoms with van der Waals surface area (Å²) < 4.78 is 51.0. The van der Waals surface area contributed by atoms with Crippen LogP contribution in [0.25, 0.3) is 0 Å². The Kier molecular flexibility index (Phi) is 5.57. The Balaban J connectivity index is 2.84. The fourth-order valence-electron chi connectivity index (χ4n) is 1.97. The zero-order valence-electron chi connectivity index (χ0n) is 12.2. The second kappa shape index (κ2) is 6.57. The first-order chi connectivity index (χ1) is 9.12. The first-order valence-corrected chi connectivity index (χ1v) is 6.73. The number of hydrogen-bond acceptors (Lipinski definition) is 1. The molecule has 0 aliphatic rings. The Morgan fingerprint density at radius 2 is 1.70 bits per heavy atom. The first-order valence-electron chi connectivity index (χ1n) is 6.73. The monoisotopic (exact) mass is 291 g/mol. The van der Waals surface area contributed by atoms with Crippen LogP contribution in [0, 0.1) is 11.7 Å². The molecule has 0 saturated carbocycles. The Morgan fingerprint density at radius 1 is 1.10 bits per heavy atom. The maximum absolute atomic E-state index is 13.5. The Morgan fingerprint density at radius 3 is 2.15 bits per heavy atom. The number of halogens is 4. The minimum absolute atomic E-state index is 0.0157. The Labute approximate surface area is 117 Å². The summed E-state index contributed by atoms with van der Waals surface area (Å²) in [7, 11) is 0. The average molecular weight is 291 g/mol. The van der Waals surface area contributed by atoms with E-state index in [1.54, 1.807) is 0 Å². The van der Waals surface area contributed by atoms with E-state index in [9.17, 15) is 17.6 Å². The zero-order valence-corrected chi connectivity index (χ0v) is 12.2. The standard InChI is InChI=1S/C15H21F4N/c1-9(2)20-8-10(3)11(4)12-5-6-13(14(16)7-12)15(17,18)19/h5-7,9-11,20H,8H2,1-4H3. The number of rotatable bonds is 5. The highest BCUT2D eigenvalue weighted by molar-refractivity contribution is 5.28. The smallest absolute Gasteiger partial charge is 0.314 e. The summed E-state index contributed by atoms with van der Waals surface area (Å²) in [5.74, 6) is -1.02. The Hall–Kier alpha value is -1.10. The number of alkyl halides is 3. The van der Waals surface area contributed by atoms with Crippen molar-refractivity contribution in [2.45, 2.75) is 45.8 Å². The van der Waals surface area contributed by atoms with Crippen LogP contribution in [-0.2, 0) is 6.18 Å². The van der Waals surface area contributed by atoms with Gasteiger partial charge in [0.2, 0.25) is 0 Å². The third-order valence-electron chi connectivity index (χ3n) is 3.53. The predicted octanol–water partition coefficient (Wildman–Crippen LogP) is 4.58. The number of hydrogen-bond donors (Lipinski definition) is 1. The highest BCUT2D eigenvalue weighted by atomic mass is 19.4. The van der Waals surface area contributed by atoms with Gasteiger partial charge in [0, 0.05) is 6.04 Å². The molecule has 0 aromatic heterocycles. The van der Waals surface area contributed by atoms with Gasteiger partial charge in [-0.3, -0.25) is 0 Å². The SMILES string of the molecule is CC(C)NCC(C)C(C)c1ccc(C(F)(F)F)c(F)c1. The molecule has 1 aromatic rings. The molecule has 0 saturated heterocycles. The largest absolute Gasteiger partial charge is 0.419 e. The molecule has 0 amide bonds. The number of benzene rings is 1. The van der Waals surface area contributed by atoms with Gasteiger partial charge in [-0.15, -0.1) is 0 Å². The van der Waals surface area contributed by atoms with Gasteiger partial charge in [0.05, 0.1) is 5.56 Å². The van der Waals surface area contributed by atoms with Crippen molar-refractivity contribution in [2.75, 3.05) is 6.54 Å². The molecular formula is C15H21F4N. The van der Waals surface area contributed by atoms with E-state index in [0.717, 1.165) is 18.7 Å². The van der Waals surface area contributed by atoms with Crippen molar-refractivity contribution in [3.63, 3.8) is 0 Å². The molecule has 0 spiro atoms. The average Bonchev–Trinajstić information content (AvgIpc) is 2.33. The molecular weight excluding hydrogens is 270 g/mol. The molecule has 0 fully saturated rings. The van der Waals surface area contributed by atoms with Crippen LogP contribution in [0.5, 0.6) is 0 Å². The van der Waals surface area contributed by atoms with E-state index in [1.165, 1.54) is 6.07 Å². The molecule has 0 aliphatic heterocycles. The molecule has 0 bridgehead atoms. The lowest BCUT2D eigenvalue weighted by molar-refractivity contribution is -0.140. The van der Waals surface area contributed by atoms with Crippen molar-refractivity contribution in [1.29, 1.82) is 0 Å². The molecule has 0 heterocycles. The van der Waals surface area contributed by atoms with Crippen LogP contribution in [0.3, 0.4) is 0 Å². The van der Waals surface area contributed by atoms with Crippen LogP contribution in [0.2, 0.25) is 0 Å². The highest BCUT2D eigenvalue weighted by Gasteiger charge is 2.34. The quantitative estimate of drug-likeness (QED) is 0.783. The van der Waals surface area contributed by atoms with Crippen LogP contribution >= 0.6 is 0 Å². The lowest BCUT2D eigenvalue weighted by Crippen LogP contribution is -2.29. The predicted molar refractivity (Wildman–Crippen MR) is 72.1 cm³/mol. The number of nitrogens with one attached hydrogen (secondary N) is 1. The molecule has 114 valence electrons. The van der Waals surface area contributed by atoms with Crippen molar-refractivity contribution >= 4 is 0 Å². The maximum atomic E-state index is 13.5. The van der Waals surface area contributed by atoms with E-state index >= 15 is 0 Å². The van der Waals surface area contributed by atoms with Crippen LogP contribution in [-0.4, -0.2) is 12.6 Å². The minimum Gasteiger partial charge on any atom is -0.314 e. The van der Waals surface area contributed by atoms with E-state index in [4.69, 9.17) is 0 Å². The highest BCUT2D eigenvalue weighted by Crippen LogP contribution is 2.33.